The Labute approximate surface area is 146 Å². The Morgan fingerprint density at radius 3 is 2.88 bits per heavy atom. The Hall–Kier alpha value is -3.15. The van der Waals surface area contributed by atoms with E-state index in [1.807, 2.05) is 61.7 Å². The molecule has 0 aliphatic heterocycles. The van der Waals surface area contributed by atoms with Gasteiger partial charge in [0.15, 0.2) is 6.61 Å². The van der Waals surface area contributed by atoms with Crippen molar-refractivity contribution in [2.24, 2.45) is 0 Å². The standard InChI is InChI=1S/C19H20N4O2/c1-15-5-4-6-16(13-15)25-14-19(24)21-10-12-23-11-8-18(22-23)17-7-2-3-9-20-17/h2-9,11,13H,10,12,14H2,1H3,(H,21,24). The van der Waals surface area contributed by atoms with Gasteiger partial charge in [0.25, 0.3) is 5.91 Å². The van der Waals surface area contributed by atoms with E-state index in [-0.39, 0.29) is 12.5 Å². The van der Waals surface area contributed by atoms with E-state index in [4.69, 9.17) is 4.74 Å². The molecule has 2 heterocycles. The first kappa shape index (κ1) is 16.7. The van der Waals surface area contributed by atoms with Crippen LogP contribution in [0, 0.1) is 6.92 Å². The van der Waals surface area contributed by atoms with E-state index < -0.39 is 0 Å². The smallest absolute Gasteiger partial charge is 0.258 e. The highest BCUT2D eigenvalue weighted by Crippen LogP contribution is 2.13. The maximum Gasteiger partial charge on any atom is 0.258 e. The van der Waals surface area contributed by atoms with Gasteiger partial charge in [-0.05, 0) is 42.8 Å². The third kappa shape index (κ3) is 4.91. The molecule has 0 bridgehead atoms. The first-order valence-corrected chi connectivity index (χ1v) is 8.12. The number of carbonyl (C=O) groups is 1. The summed E-state index contributed by atoms with van der Waals surface area (Å²) in [4.78, 5) is 16.1. The highest BCUT2D eigenvalue weighted by Gasteiger charge is 2.05. The summed E-state index contributed by atoms with van der Waals surface area (Å²) in [6, 6.07) is 15.2. The third-order valence-electron chi connectivity index (χ3n) is 3.59. The lowest BCUT2D eigenvalue weighted by molar-refractivity contribution is -0.123. The maximum atomic E-state index is 11.8. The van der Waals surface area contributed by atoms with Crippen molar-refractivity contribution in [3.63, 3.8) is 0 Å². The molecule has 128 valence electrons. The fraction of sp³-hybridized carbons (Fsp3) is 0.211. The van der Waals surface area contributed by atoms with Crippen molar-refractivity contribution in [2.45, 2.75) is 13.5 Å². The van der Waals surface area contributed by atoms with Gasteiger partial charge in [-0.25, -0.2) is 0 Å². The van der Waals surface area contributed by atoms with Crippen LogP contribution in [0.5, 0.6) is 5.75 Å². The van der Waals surface area contributed by atoms with Crippen molar-refractivity contribution in [3.8, 4) is 17.1 Å². The Kier molecular flexibility index (Phi) is 5.41. The number of ether oxygens (including phenoxy) is 1. The average molecular weight is 336 g/mol. The van der Waals surface area contributed by atoms with E-state index >= 15 is 0 Å². The number of nitrogens with zero attached hydrogens (tertiary/aromatic N) is 3. The van der Waals surface area contributed by atoms with Gasteiger partial charge >= 0.3 is 0 Å². The van der Waals surface area contributed by atoms with Crippen LogP contribution in [0.15, 0.2) is 60.9 Å². The predicted molar refractivity (Wildman–Crippen MR) is 95.1 cm³/mol. The Bertz CT molecular complexity index is 830. The van der Waals surface area contributed by atoms with Crippen molar-refractivity contribution >= 4 is 5.91 Å². The zero-order chi connectivity index (χ0) is 17.5. The van der Waals surface area contributed by atoms with Crippen LogP contribution in [0.2, 0.25) is 0 Å². The summed E-state index contributed by atoms with van der Waals surface area (Å²) in [5.74, 6) is 0.542. The summed E-state index contributed by atoms with van der Waals surface area (Å²) in [5.41, 5.74) is 2.74. The molecule has 3 rings (SSSR count). The van der Waals surface area contributed by atoms with Crippen molar-refractivity contribution in [2.75, 3.05) is 13.2 Å². The minimum Gasteiger partial charge on any atom is -0.484 e. The molecule has 0 aliphatic rings. The Balaban J connectivity index is 1.42. The molecule has 0 radical (unpaired) electrons. The van der Waals surface area contributed by atoms with Gasteiger partial charge in [-0.1, -0.05) is 18.2 Å². The number of amides is 1. The van der Waals surface area contributed by atoms with Gasteiger partial charge < -0.3 is 10.1 Å². The fourth-order valence-electron chi connectivity index (χ4n) is 2.35. The van der Waals surface area contributed by atoms with Gasteiger partial charge in [-0.3, -0.25) is 14.5 Å². The lowest BCUT2D eigenvalue weighted by atomic mass is 10.2. The number of aryl methyl sites for hydroxylation is 1. The third-order valence-corrected chi connectivity index (χ3v) is 3.59. The summed E-state index contributed by atoms with van der Waals surface area (Å²) < 4.78 is 7.25. The maximum absolute atomic E-state index is 11.8. The number of aromatic nitrogens is 3. The van der Waals surface area contributed by atoms with Crippen LogP contribution in [0.1, 0.15) is 5.56 Å². The van der Waals surface area contributed by atoms with Crippen molar-refractivity contribution in [3.05, 3.63) is 66.5 Å². The second-order valence-electron chi connectivity index (χ2n) is 5.63. The molecule has 2 aromatic heterocycles. The van der Waals surface area contributed by atoms with Crippen molar-refractivity contribution in [1.82, 2.24) is 20.1 Å². The van der Waals surface area contributed by atoms with Crippen molar-refractivity contribution < 1.29 is 9.53 Å². The quantitative estimate of drug-likeness (QED) is 0.719. The van der Waals surface area contributed by atoms with Crippen LogP contribution in [0.3, 0.4) is 0 Å². The number of nitrogens with one attached hydrogen (secondary N) is 1. The zero-order valence-corrected chi connectivity index (χ0v) is 14.1. The first-order valence-electron chi connectivity index (χ1n) is 8.12. The van der Waals surface area contributed by atoms with Crippen LogP contribution in [-0.4, -0.2) is 33.8 Å². The van der Waals surface area contributed by atoms with Crippen LogP contribution in [-0.2, 0) is 11.3 Å². The van der Waals surface area contributed by atoms with Gasteiger partial charge in [0.05, 0.1) is 12.2 Å². The molecule has 1 amide bonds. The van der Waals surface area contributed by atoms with E-state index in [9.17, 15) is 4.79 Å². The number of pyridine rings is 1. The minimum absolute atomic E-state index is 0.00173. The molecule has 1 aromatic carbocycles. The molecular formula is C19H20N4O2. The Morgan fingerprint density at radius 2 is 2.08 bits per heavy atom. The highest BCUT2D eigenvalue weighted by atomic mass is 16.5. The largest absolute Gasteiger partial charge is 0.484 e. The van der Waals surface area contributed by atoms with Crippen LogP contribution < -0.4 is 10.1 Å². The van der Waals surface area contributed by atoms with E-state index in [1.54, 1.807) is 10.9 Å². The molecule has 0 fully saturated rings. The minimum atomic E-state index is -0.154. The summed E-state index contributed by atoms with van der Waals surface area (Å²) >= 11 is 0. The fourth-order valence-corrected chi connectivity index (χ4v) is 2.35. The van der Waals surface area contributed by atoms with Crippen LogP contribution in [0.25, 0.3) is 11.4 Å². The van der Waals surface area contributed by atoms with E-state index in [0.29, 0.717) is 18.8 Å². The molecule has 0 unspecified atom stereocenters. The second-order valence-corrected chi connectivity index (χ2v) is 5.63. The molecular weight excluding hydrogens is 316 g/mol. The van der Waals surface area contributed by atoms with Gasteiger partial charge in [0, 0.05) is 18.9 Å². The molecule has 6 heteroatoms. The van der Waals surface area contributed by atoms with E-state index in [1.165, 1.54) is 0 Å². The van der Waals surface area contributed by atoms with E-state index in [0.717, 1.165) is 17.0 Å². The molecule has 3 aromatic rings. The molecule has 0 atom stereocenters. The van der Waals surface area contributed by atoms with Gasteiger partial charge in [-0.15, -0.1) is 0 Å². The van der Waals surface area contributed by atoms with Crippen molar-refractivity contribution in [1.29, 1.82) is 0 Å². The average Bonchev–Trinajstić information content (AvgIpc) is 3.10. The van der Waals surface area contributed by atoms with E-state index in [2.05, 4.69) is 15.4 Å². The summed E-state index contributed by atoms with van der Waals surface area (Å²) in [5, 5.41) is 7.28. The first-order chi connectivity index (χ1) is 12.2. The number of rotatable bonds is 7. The number of carbonyl (C=O) groups excluding carboxylic acids is 1. The van der Waals surface area contributed by atoms with Gasteiger partial charge in [0.1, 0.15) is 11.4 Å². The topological polar surface area (TPSA) is 69.0 Å². The Morgan fingerprint density at radius 1 is 1.16 bits per heavy atom. The summed E-state index contributed by atoms with van der Waals surface area (Å²) in [6.45, 7) is 3.06. The summed E-state index contributed by atoms with van der Waals surface area (Å²) in [7, 11) is 0. The lowest BCUT2D eigenvalue weighted by Crippen LogP contribution is -2.31. The van der Waals surface area contributed by atoms with Gasteiger partial charge in [-0.2, -0.15) is 5.10 Å². The molecule has 0 saturated heterocycles. The van der Waals surface area contributed by atoms with Crippen LogP contribution >= 0.6 is 0 Å². The second kappa shape index (κ2) is 8.10. The molecule has 0 spiro atoms. The normalized spacial score (nSPS) is 10.4. The molecule has 25 heavy (non-hydrogen) atoms. The number of benzene rings is 1. The predicted octanol–water partition coefficient (Wildman–Crippen LogP) is 2.45. The number of hydrogen-bond acceptors (Lipinski definition) is 4. The SMILES string of the molecule is Cc1cccc(OCC(=O)NCCn2ccc(-c3ccccn3)n2)c1. The zero-order valence-electron chi connectivity index (χ0n) is 14.1. The van der Waals surface area contributed by atoms with Crippen LogP contribution in [0.4, 0.5) is 0 Å². The molecule has 0 aliphatic carbocycles. The molecule has 0 saturated carbocycles. The summed E-state index contributed by atoms with van der Waals surface area (Å²) in [6.07, 6.45) is 3.61. The highest BCUT2D eigenvalue weighted by molar-refractivity contribution is 5.77. The van der Waals surface area contributed by atoms with Gasteiger partial charge in [0.2, 0.25) is 0 Å². The molecule has 6 nitrogen and oxygen atoms in total. The monoisotopic (exact) mass is 336 g/mol. The number of hydrogen-bond donors (Lipinski definition) is 1. The molecule has 1 N–H and O–H groups in total. The lowest BCUT2D eigenvalue weighted by Gasteiger charge is -2.08.